The molecular formula is C10H6F7NO2. The standard InChI is InChI=1S/C10H6F7NO2/c11-8(12,9(13,14)15)10(16,17)18(7(19)20)6-4-2-1-3-5-6/h1-5H,(H,19,20). The number of benzene rings is 1. The number of carboxylic acid groups (broad SMARTS) is 1. The van der Waals surface area contributed by atoms with Gasteiger partial charge in [-0.15, -0.1) is 0 Å². The molecule has 0 heterocycles. The van der Waals surface area contributed by atoms with Crippen LogP contribution in [0.1, 0.15) is 0 Å². The number of para-hydroxylation sites is 1. The summed E-state index contributed by atoms with van der Waals surface area (Å²) in [5.74, 6) is -6.55. The molecule has 1 N–H and O–H groups in total. The van der Waals surface area contributed by atoms with Crippen molar-refractivity contribution in [3.8, 4) is 0 Å². The van der Waals surface area contributed by atoms with Crippen molar-refractivity contribution in [1.29, 1.82) is 0 Å². The van der Waals surface area contributed by atoms with E-state index in [9.17, 15) is 35.5 Å². The first-order valence-corrected chi connectivity index (χ1v) is 4.83. The average molecular weight is 305 g/mol. The van der Waals surface area contributed by atoms with E-state index in [1.165, 1.54) is 6.07 Å². The van der Waals surface area contributed by atoms with Crippen molar-refractivity contribution in [1.82, 2.24) is 0 Å². The van der Waals surface area contributed by atoms with E-state index in [2.05, 4.69) is 0 Å². The van der Waals surface area contributed by atoms with Gasteiger partial charge in [0.2, 0.25) is 0 Å². The second kappa shape index (κ2) is 4.84. The minimum absolute atomic E-state index is 0.661. The van der Waals surface area contributed by atoms with Crippen LogP contribution in [0.5, 0.6) is 0 Å². The van der Waals surface area contributed by atoms with Crippen LogP contribution in [0.15, 0.2) is 30.3 Å². The summed E-state index contributed by atoms with van der Waals surface area (Å²) >= 11 is 0. The first-order valence-electron chi connectivity index (χ1n) is 4.83. The number of halogens is 7. The predicted octanol–water partition coefficient (Wildman–Crippen LogP) is 3.96. The third kappa shape index (κ3) is 2.49. The molecule has 0 radical (unpaired) electrons. The van der Waals surface area contributed by atoms with E-state index >= 15 is 0 Å². The maximum absolute atomic E-state index is 13.4. The van der Waals surface area contributed by atoms with Crippen LogP contribution in [0.4, 0.5) is 41.2 Å². The molecule has 0 bridgehead atoms. The SMILES string of the molecule is O=C(O)N(c1ccccc1)C(F)(F)C(F)(F)C(F)(F)F. The molecule has 112 valence electrons. The van der Waals surface area contributed by atoms with Crippen molar-refractivity contribution in [2.45, 2.75) is 18.1 Å². The van der Waals surface area contributed by atoms with Gasteiger partial charge in [-0.25, -0.2) is 9.69 Å². The average Bonchev–Trinajstić information content (AvgIpc) is 2.27. The van der Waals surface area contributed by atoms with Crippen LogP contribution in [0.3, 0.4) is 0 Å². The third-order valence-corrected chi connectivity index (χ3v) is 2.22. The summed E-state index contributed by atoms with van der Waals surface area (Å²) in [6.07, 6.45) is -9.26. The molecule has 0 aliphatic heterocycles. The lowest BCUT2D eigenvalue weighted by Crippen LogP contribution is -2.62. The molecular weight excluding hydrogens is 299 g/mol. The normalized spacial score (nSPS) is 13.2. The lowest BCUT2D eigenvalue weighted by molar-refractivity contribution is -0.352. The molecule has 1 amide bonds. The first-order chi connectivity index (χ1) is 8.93. The summed E-state index contributed by atoms with van der Waals surface area (Å²) in [5, 5.41) is 8.54. The van der Waals surface area contributed by atoms with Gasteiger partial charge in [-0.1, -0.05) is 18.2 Å². The molecule has 3 nitrogen and oxygen atoms in total. The zero-order chi connectivity index (χ0) is 15.8. The van der Waals surface area contributed by atoms with Gasteiger partial charge >= 0.3 is 24.2 Å². The number of hydrogen-bond donors (Lipinski definition) is 1. The molecule has 1 aromatic rings. The van der Waals surface area contributed by atoms with Crippen molar-refractivity contribution in [2.24, 2.45) is 0 Å². The zero-order valence-electron chi connectivity index (χ0n) is 9.34. The van der Waals surface area contributed by atoms with Crippen LogP contribution in [-0.2, 0) is 0 Å². The molecule has 10 heteroatoms. The topological polar surface area (TPSA) is 40.5 Å². The van der Waals surface area contributed by atoms with Crippen molar-refractivity contribution < 1.29 is 40.6 Å². The van der Waals surface area contributed by atoms with E-state index < -0.39 is 34.8 Å². The van der Waals surface area contributed by atoms with E-state index in [0.29, 0.717) is 12.1 Å². The van der Waals surface area contributed by atoms with Crippen molar-refractivity contribution in [3.05, 3.63) is 30.3 Å². The first kappa shape index (κ1) is 16.1. The van der Waals surface area contributed by atoms with Gasteiger partial charge < -0.3 is 5.11 Å². The molecule has 0 unspecified atom stereocenters. The minimum atomic E-state index is -6.61. The second-order valence-corrected chi connectivity index (χ2v) is 3.57. The minimum Gasteiger partial charge on any atom is -0.465 e. The predicted molar refractivity (Wildman–Crippen MR) is 52.9 cm³/mol. The second-order valence-electron chi connectivity index (χ2n) is 3.57. The highest BCUT2D eigenvalue weighted by molar-refractivity contribution is 5.87. The van der Waals surface area contributed by atoms with Gasteiger partial charge in [-0.2, -0.15) is 30.7 Å². The van der Waals surface area contributed by atoms with Crippen LogP contribution in [0, 0.1) is 0 Å². The monoisotopic (exact) mass is 305 g/mol. The van der Waals surface area contributed by atoms with Crippen molar-refractivity contribution in [3.63, 3.8) is 0 Å². The quantitative estimate of drug-likeness (QED) is 0.678. The van der Waals surface area contributed by atoms with Gasteiger partial charge in [-0.3, -0.25) is 0 Å². The third-order valence-electron chi connectivity index (χ3n) is 2.22. The van der Waals surface area contributed by atoms with Crippen LogP contribution >= 0.6 is 0 Å². The Morgan fingerprint density at radius 2 is 1.40 bits per heavy atom. The Morgan fingerprint density at radius 1 is 0.950 bits per heavy atom. The zero-order valence-corrected chi connectivity index (χ0v) is 9.34. The van der Waals surface area contributed by atoms with Gasteiger partial charge in [0.05, 0.1) is 5.69 Å². The highest BCUT2D eigenvalue weighted by atomic mass is 19.4. The number of alkyl halides is 7. The highest BCUT2D eigenvalue weighted by Gasteiger charge is 2.76. The molecule has 0 atom stereocenters. The largest absolute Gasteiger partial charge is 0.465 e. The highest BCUT2D eigenvalue weighted by Crippen LogP contribution is 2.49. The number of hydrogen-bond acceptors (Lipinski definition) is 1. The maximum atomic E-state index is 13.4. The smallest absolute Gasteiger partial charge is 0.462 e. The molecule has 1 aromatic carbocycles. The van der Waals surface area contributed by atoms with Crippen LogP contribution in [-0.4, -0.2) is 29.3 Å². The number of anilines is 1. The van der Waals surface area contributed by atoms with Crippen molar-refractivity contribution >= 4 is 11.8 Å². The van der Waals surface area contributed by atoms with Crippen LogP contribution in [0.2, 0.25) is 0 Å². The molecule has 0 spiro atoms. The Bertz CT molecular complexity index is 486. The molecule has 1 rings (SSSR count). The molecule has 0 aromatic heterocycles. The fourth-order valence-corrected chi connectivity index (χ4v) is 1.28. The summed E-state index contributed by atoms with van der Waals surface area (Å²) in [6, 6.07) is -1.43. The molecule has 0 aliphatic carbocycles. The Morgan fingerprint density at radius 3 is 1.75 bits per heavy atom. The van der Waals surface area contributed by atoms with Gasteiger partial charge in [0.25, 0.3) is 0 Å². The summed E-state index contributed by atoms with van der Waals surface area (Å²) in [5.41, 5.74) is -1.02. The number of amides is 1. The Labute approximate surface area is 107 Å². The van der Waals surface area contributed by atoms with Crippen LogP contribution < -0.4 is 4.90 Å². The molecule has 0 aliphatic rings. The van der Waals surface area contributed by atoms with E-state index in [1.807, 2.05) is 0 Å². The molecule has 0 fully saturated rings. The fraction of sp³-hybridized carbons (Fsp3) is 0.300. The lowest BCUT2D eigenvalue weighted by Gasteiger charge is -2.34. The van der Waals surface area contributed by atoms with E-state index in [1.54, 1.807) is 0 Å². The molecule has 20 heavy (non-hydrogen) atoms. The number of nitrogens with zero attached hydrogens (tertiary/aromatic N) is 1. The van der Waals surface area contributed by atoms with Gasteiger partial charge in [0.1, 0.15) is 0 Å². The van der Waals surface area contributed by atoms with Gasteiger partial charge in [0, 0.05) is 0 Å². The van der Waals surface area contributed by atoms with E-state index in [4.69, 9.17) is 5.11 Å². The van der Waals surface area contributed by atoms with Gasteiger partial charge in [-0.05, 0) is 12.1 Å². The lowest BCUT2D eigenvalue weighted by atomic mass is 10.2. The maximum Gasteiger partial charge on any atom is 0.462 e. The molecule has 0 saturated heterocycles. The van der Waals surface area contributed by atoms with Gasteiger partial charge in [0.15, 0.2) is 0 Å². The van der Waals surface area contributed by atoms with E-state index in [-0.39, 0.29) is 0 Å². The Balaban J connectivity index is 3.38. The van der Waals surface area contributed by atoms with Crippen molar-refractivity contribution in [2.75, 3.05) is 4.90 Å². The summed E-state index contributed by atoms with van der Waals surface area (Å²) < 4.78 is 88.5. The molecule has 0 saturated carbocycles. The summed E-state index contributed by atoms with van der Waals surface area (Å²) in [4.78, 5) is 9.35. The fourth-order valence-electron chi connectivity index (χ4n) is 1.28. The number of carbonyl (C=O) groups is 1. The van der Waals surface area contributed by atoms with Crippen LogP contribution in [0.25, 0.3) is 0 Å². The Hall–Kier alpha value is -2.00. The summed E-state index contributed by atoms with van der Waals surface area (Å²) in [6.45, 7) is 0. The number of rotatable bonds is 3. The Kier molecular flexibility index (Phi) is 3.88. The summed E-state index contributed by atoms with van der Waals surface area (Å²) in [7, 11) is 0. The van der Waals surface area contributed by atoms with E-state index in [0.717, 1.165) is 12.1 Å².